The number of carbonyl (C=O) groups excluding carboxylic acids is 4. The molecule has 4 N–H and O–H groups in total. The topological polar surface area (TPSA) is 175 Å². The molecule has 0 bridgehead atoms. The lowest BCUT2D eigenvalue weighted by atomic mass is 9.87. The molecule has 4 amide bonds. The van der Waals surface area contributed by atoms with Crippen LogP contribution < -0.4 is 20.1 Å². The summed E-state index contributed by atoms with van der Waals surface area (Å²) in [6, 6.07) is 24.3. The lowest BCUT2D eigenvalue weighted by Crippen LogP contribution is -2.43. The van der Waals surface area contributed by atoms with Crippen LogP contribution in [0.4, 0.5) is 0 Å². The molecule has 73 heavy (non-hydrogen) atoms. The van der Waals surface area contributed by atoms with Crippen LogP contribution in [0.2, 0.25) is 0 Å². The fourth-order valence-corrected chi connectivity index (χ4v) is 12.3. The molecule has 6 aromatic rings. The molecule has 4 aromatic carbocycles. The van der Waals surface area contributed by atoms with Crippen LogP contribution in [-0.4, -0.2) is 66.5 Å². The van der Waals surface area contributed by atoms with Crippen LogP contribution in [0.5, 0.6) is 11.5 Å². The van der Waals surface area contributed by atoms with Crippen molar-refractivity contribution in [2.75, 3.05) is 13.1 Å². The minimum absolute atomic E-state index is 0.0596. The van der Waals surface area contributed by atoms with Gasteiger partial charge in [-0.1, -0.05) is 67.4 Å². The van der Waals surface area contributed by atoms with E-state index in [1.807, 2.05) is 64.7 Å². The minimum atomic E-state index is -0.763. The molecule has 5 fully saturated rings. The highest BCUT2D eigenvalue weighted by Gasteiger charge is 2.40. The standard InChI is InChI=1S/C59H62N8O6/c68-50(23-34-17-18-34)64-54(37-11-2-1-3-12-37)58(70)66-21-7-15-46(66)56-60-30-44(62-56)40-26-42-32-73-49-29-41(27-43-33-72-48(28-40)52(42)53(43)49)45-31-61-57(63-45)47-16-8-22-67(47)59(71)55(65-51(69)24-35-19-20-35)39-14-6-13-38(25-39)36-9-4-5-10-36/h1-3,6,11-14,25-31,34-36,46-47,54-55H,4-5,7-10,15-24,32-33H2,(H,60,62)(H,61,63)(H,64,68)(H,65,69)/t46-,47-,54+,55+/m0/s1. The number of nitrogens with one attached hydrogen (secondary N) is 4. The van der Waals surface area contributed by atoms with E-state index in [1.54, 1.807) is 0 Å². The molecule has 14 heteroatoms. The zero-order valence-corrected chi connectivity index (χ0v) is 41.2. The zero-order valence-electron chi connectivity index (χ0n) is 41.2. The van der Waals surface area contributed by atoms with Crippen molar-refractivity contribution in [3.8, 4) is 45.1 Å². The third-order valence-electron chi connectivity index (χ3n) is 16.6. The zero-order chi connectivity index (χ0) is 49.2. The SMILES string of the molecule is O=C(CC1CC1)N[C@@H](C(=O)N1CCC[C@H]1c1ncc(-c2cc3c4c(c2)OCc2cc(-c5cnc([C@@H]6CCCN6C(=O)[C@H](NC(=O)CC6CC6)c6cccc(C7CCCC7)c6)[nH]5)cc(c2-4)OC3)[nH]1)c1ccccc1. The van der Waals surface area contributed by atoms with Crippen LogP contribution in [-0.2, 0) is 32.4 Å². The van der Waals surface area contributed by atoms with Gasteiger partial charge in [0.15, 0.2) is 0 Å². The summed E-state index contributed by atoms with van der Waals surface area (Å²) in [6.07, 6.45) is 16.8. The van der Waals surface area contributed by atoms with E-state index in [2.05, 4.69) is 57.0 Å². The first kappa shape index (κ1) is 45.6. The third kappa shape index (κ3) is 9.07. The molecule has 4 aliphatic heterocycles. The van der Waals surface area contributed by atoms with Gasteiger partial charge in [-0.25, -0.2) is 9.97 Å². The monoisotopic (exact) mass is 978 g/mol. The van der Waals surface area contributed by atoms with Crippen LogP contribution in [0, 0.1) is 11.8 Å². The van der Waals surface area contributed by atoms with Gasteiger partial charge in [-0.3, -0.25) is 19.2 Å². The molecule has 3 saturated carbocycles. The van der Waals surface area contributed by atoms with Gasteiger partial charge < -0.3 is 39.9 Å². The van der Waals surface area contributed by atoms with E-state index in [1.165, 1.54) is 18.4 Å². The van der Waals surface area contributed by atoms with Crippen molar-refractivity contribution in [1.82, 2.24) is 40.4 Å². The summed E-state index contributed by atoms with van der Waals surface area (Å²) in [5.41, 5.74) is 10.5. The number of nitrogens with zero attached hydrogens (tertiary/aromatic N) is 4. The number of H-pyrrole nitrogens is 2. The Balaban J connectivity index is 0.725. The number of benzene rings is 4. The Bertz CT molecular complexity index is 3060. The Morgan fingerprint density at radius 1 is 0.575 bits per heavy atom. The molecule has 2 aromatic heterocycles. The molecule has 7 aliphatic rings. The number of likely N-dealkylation sites (tertiary alicyclic amines) is 2. The molecule has 6 heterocycles. The number of aromatic amines is 2. The number of hydrogen-bond donors (Lipinski definition) is 4. The van der Waals surface area contributed by atoms with Crippen LogP contribution in [0.3, 0.4) is 0 Å². The molecule has 0 unspecified atom stereocenters. The highest BCUT2D eigenvalue weighted by Crippen LogP contribution is 2.51. The number of rotatable bonds is 15. The summed E-state index contributed by atoms with van der Waals surface area (Å²) in [5.74, 6) is 3.97. The lowest BCUT2D eigenvalue weighted by Gasteiger charge is -2.30. The smallest absolute Gasteiger partial charge is 0.250 e. The van der Waals surface area contributed by atoms with Crippen LogP contribution in [0.1, 0.15) is 159 Å². The van der Waals surface area contributed by atoms with Gasteiger partial charge in [0.25, 0.3) is 0 Å². The first-order valence-electron chi connectivity index (χ1n) is 26.8. The van der Waals surface area contributed by atoms with Gasteiger partial charge in [-0.05, 0) is 123 Å². The minimum Gasteiger partial charge on any atom is -0.488 e. The highest BCUT2D eigenvalue weighted by molar-refractivity contribution is 5.91. The number of imidazole rings is 2. The molecule has 13 rings (SSSR count). The maximum Gasteiger partial charge on any atom is 0.250 e. The van der Waals surface area contributed by atoms with E-state index >= 15 is 0 Å². The van der Waals surface area contributed by atoms with E-state index in [-0.39, 0.29) is 35.7 Å². The average molecular weight is 979 g/mol. The summed E-state index contributed by atoms with van der Waals surface area (Å²) in [7, 11) is 0. The van der Waals surface area contributed by atoms with Crippen molar-refractivity contribution >= 4 is 23.6 Å². The predicted octanol–water partition coefficient (Wildman–Crippen LogP) is 10.2. The fourth-order valence-electron chi connectivity index (χ4n) is 12.3. The molecule has 0 spiro atoms. The van der Waals surface area contributed by atoms with Crippen molar-refractivity contribution in [2.24, 2.45) is 11.8 Å². The predicted molar refractivity (Wildman–Crippen MR) is 274 cm³/mol. The Morgan fingerprint density at radius 2 is 1.08 bits per heavy atom. The van der Waals surface area contributed by atoms with E-state index in [0.717, 1.165) is 137 Å². The van der Waals surface area contributed by atoms with Gasteiger partial charge in [-0.2, -0.15) is 0 Å². The summed E-state index contributed by atoms with van der Waals surface area (Å²) in [6.45, 7) is 1.88. The van der Waals surface area contributed by atoms with Crippen LogP contribution in [0.25, 0.3) is 33.6 Å². The number of carbonyl (C=O) groups is 4. The van der Waals surface area contributed by atoms with Crippen molar-refractivity contribution in [2.45, 2.75) is 133 Å². The summed E-state index contributed by atoms with van der Waals surface area (Å²) in [5, 5.41) is 6.26. The summed E-state index contributed by atoms with van der Waals surface area (Å²) in [4.78, 5) is 76.2. The molecule has 4 atom stereocenters. The van der Waals surface area contributed by atoms with Gasteiger partial charge in [-0.15, -0.1) is 0 Å². The van der Waals surface area contributed by atoms with Crippen molar-refractivity contribution in [1.29, 1.82) is 0 Å². The Kier molecular flexibility index (Phi) is 11.9. The maximum absolute atomic E-state index is 14.7. The normalized spacial score (nSPS) is 20.8. The second-order valence-corrected chi connectivity index (χ2v) is 21.7. The molecular formula is C59H62N8O6. The summed E-state index contributed by atoms with van der Waals surface area (Å²) >= 11 is 0. The second-order valence-electron chi connectivity index (χ2n) is 21.7. The first-order valence-corrected chi connectivity index (χ1v) is 26.8. The van der Waals surface area contributed by atoms with E-state index in [9.17, 15) is 19.2 Å². The number of aromatic nitrogens is 4. The van der Waals surface area contributed by atoms with Gasteiger partial charge in [0, 0.05) is 59.3 Å². The molecule has 0 radical (unpaired) electrons. The van der Waals surface area contributed by atoms with Gasteiger partial charge in [0.2, 0.25) is 23.6 Å². The Hall–Kier alpha value is -7.22. The quantitative estimate of drug-likeness (QED) is 0.0787. The Morgan fingerprint density at radius 3 is 1.60 bits per heavy atom. The third-order valence-corrected chi connectivity index (χ3v) is 16.6. The van der Waals surface area contributed by atoms with E-state index in [0.29, 0.717) is 62.7 Å². The maximum atomic E-state index is 14.7. The number of amides is 4. The van der Waals surface area contributed by atoms with E-state index in [4.69, 9.17) is 19.4 Å². The Labute approximate surface area is 425 Å². The average Bonchev–Trinajstić information content (AvgIpc) is 3.92. The van der Waals surface area contributed by atoms with Crippen LogP contribution in [0.15, 0.2) is 91.3 Å². The lowest BCUT2D eigenvalue weighted by molar-refractivity contribution is -0.137. The van der Waals surface area contributed by atoms with E-state index < -0.39 is 12.1 Å². The molecule has 2 saturated heterocycles. The van der Waals surface area contributed by atoms with Crippen molar-refractivity contribution in [3.63, 3.8) is 0 Å². The molecule has 374 valence electrons. The van der Waals surface area contributed by atoms with Crippen LogP contribution >= 0.6 is 0 Å². The highest BCUT2D eigenvalue weighted by atomic mass is 16.5. The summed E-state index contributed by atoms with van der Waals surface area (Å²) < 4.78 is 13.1. The first-order chi connectivity index (χ1) is 35.8. The fraction of sp³-hybridized carbons (Fsp3) is 0.424. The molecule has 14 nitrogen and oxygen atoms in total. The number of ether oxygens (including phenoxy) is 2. The van der Waals surface area contributed by atoms with Crippen molar-refractivity contribution < 1.29 is 28.7 Å². The van der Waals surface area contributed by atoms with Gasteiger partial charge >= 0.3 is 0 Å². The molecule has 3 aliphatic carbocycles. The van der Waals surface area contributed by atoms with Gasteiger partial charge in [0.05, 0.1) is 35.9 Å². The second kappa shape index (κ2) is 19.0. The van der Waals surface area contributed by atoms with Gasteiger partial charge in [0.1, 0.15) is 48.4 Å². The van der Waals surface area contributed by atoms with Crippen molar-refractivity contribution in [3.05, 3.63) is 131 Å². The molecular weight excluding hydrogens is 917 g/mol. The number of hydrogen-bond acceptors (Lipinski definition) is 8. The largest absolute Gasteiger partial charge is 0.488 e.